The van der Waals surface area contributed by atoms with Crippen LogP contribution >= 0.6 is 0 Å². The van der Waals surface area contributed by atoms with Crippen molar-refractivity contribution in [3.05, 3.63) is 84.4 Å². The van der Waals surface area contributed by atoms with Crippen molar-refractivity contribution >= 4 is 31.2 Å². The van der Waals surface area contributed by atoms with E-state index in [-0.39, 0.29) is 45.6 Å². The SMILES string of the molecule is C=CC[C@]1(CC#N)[C@H](O)CN(C(=O)OCc2ccccc2)[C@@H]1C(=O)OC.COC(=O)[C@H]1N(C(=O)OCc2ccccc2)C[C@@H](O)[C@@]1(CC#N)CCCB1OC(C)(C)C(C)(C)O1. The Bertz CT molecular complexity index is 1910. The molecule has 328 valence electrons. The maximum Gasteiger partial charge on any atom is 0.457 e. The number of nitriles is 2. The molecule has 3 aliphatic heterocycles. The van der Waals surface area contributed by atoms with Gasteiger partial charge in [-0.2, -0.15) is 10.5 Å². The predicted octanol–water partition coefficient (Wildman–Crippen LogP) is 5.33. The fraction of sp³-hybridized carbons (Fsp3) is 0.545. The van der Waals surface area contributed by atoms with E-state index < -0.39 is 77.6 Å². The van der Waals surface area contributed by atoms with Crippen molar-refractivity contribution in [3.63, 3.8) is 0 Å². The van der Waals surface area contributed by atoms with Gasteiger partial charge in [0.2, 0.25) is 0 Å². The van der Waals surface area contributed by atoms with E-state index in [1.807, 2.05) is 94.4 Å². The second-order valence-electron chi connectivity index (χ2n) is 16.5. The van der Waals surface area contributed by atoms with Gasteiger partial charge < -0.3 is 38.5 Å². The third kappa shape index (κ3) is 10.7. The Morgan fingerprint density at radius 1 is 0.770 bits per heavy atom. The highest BCUT2D eigenvalue weighted by Gasteiger charge is 2.60. The number of aliphatic hydroxyl groups excluding tert-OH is 2. The molecule has 2 amide bonds. The van der Waals surface area contributed by atoms with E-state index in [2.05, 4.69) is 12.6 Å². The van der Waals surface area contributed by atoms with E-state index in [4.69, 9.17) is 28.3 Å². The van der Waals surface area contributed by atoms with Gasteiger partial charge in [-0.3, -0.25) is 9.80 Å². The molecular weight excluding hydrogens is 787 g/mol. The first-order valence-electron chi connectivity index (χ1n) is 20.1. The fourth-order valence-corrected chi connectivity index (χ4v) is 8.23. The molecule has 16 nitrogen and oxygen atoms in total. The molecule has 61 heavy (non-hydrogen) atoms. The first kappa shape index (κ1) is 48.2. The smallest absolute Gasteiger partial charge is 0.457 e. The monoisotopic (exact) mass is 844 g/mol. The number of likely N-dealkylation sites (tertiary alicyclic amines) is 2. The Hall–Kier alpha value is -5.46. The first-order valence-corrected chi connectivity index (χ1v) is 20.1. The Balaban J connectivity index is 0.000000281. The molecule has 3 saturated heterocycles. The van der Waals surface area contributed by atoms with E-state index in [0.717, 1.165) is 16.0 Å². The molecule has 17 heteroatoms. The van der Waals surface area contributed by atoms with Gasteiger partial charge in [0.15, 0.2) is 0 Å². The highest BCUT2D eigenvalue weighted by atomic mass is 16.7. The van der Waals surface area contributed by atoms with Crippen LogP contribution in [0.5, 0.6) is 0 Å². The fourth-order valence-electron chi connectivity index (χ4n) is 8.23. The van der Waals surface area contributed by atoms with Crippen LogP contribution in [0.2, 0.25) is 6.32 Å². The van der Waals surface area contributed by atoms with Gasteiger partial charge in [-0.25, -0.2) is 19.2 Å². The number of ether oxygens (including phenoxy) is 4. The highest BCUT2D eigenvalue weighted by Crippen LogP contribution is 2.47. The standard InChI is InChI=1S/C25H35BN2O7.C19H22N2O5/c1-23(2)24(3,4)35-26(34-23)14-9-12-25(13-15-27)19(29)16-28(20(25)21(30)32-5)22(31)33-17-18-10-7-6-8-11-18;1-3-9-19(10-11-20)15(22)12-21(16(19)17(23)25-2)18(24)26-13-14-7-5-4-6-8-14/h6-8,10-11,19-20,29H,9,12-14,16-17H2,1-5H3;3-8,15-16,22H,1,9-10,12-13H2,2H3/t19-,20-,25+;15-,16-,19+/m11/s1. The summed E-state index contributed by atoms with van der Waals surface area (Å²) < 4.78 is 32.7. The lowest BCUT2D eigenvalue weighted by molar-refractivity contribution is -0.151. The number of methoxy groups -OCH3 is 2. The molecule has 0 saturated carbocycles. The van der Waals surface area contributed by atoms with Crippen molar-refractivity contribution < 1.29 is 57.6 Å². The summed E-state index contributed by atoms with van der Waals surface area (Å²) in [5.74, 6) is -1.39. The van der Waals surface area contributed by atoms with Crippen molar-refractivity contribution in [3.8, 4) is 12.1 Å². The summed E-state index contributed by atoms with van der Waals surface area (Å²) in [4.78, 5) is 53.1. The summed E-state index contributed by atoms with van der Waals surface area (Å²) in [6.07, 6.45) is -0.881. The molecule has 6 atom stereocenters. The number of rotatable bonds is 14. The minimum Gasteiger partial charge on any atom is -0.467 e. The quantitative estimate of drug-likeness (QED) is 0.106. The van der Waals surface area contributed by atoms with Crippen molar-refractivity contribution in [2.45, 2.75) is 115 Å². The van der Waals surface area contributed by atoms with Crippen molar-refractivity contribution in [1.29, 1.82) is 10.5 Å². The first-order chi connectivity index (χ1) is 29.0. The minimum absolute atomic E-state index is 0.0212. The number of aliphatic hydroxyl groups is 2. The average Bonchev–Trinajstić information content (AvgIpc) is 3.77. The Morgan fingerprint density at radius 2 is 1.18 bits per heavy atom. The van der Waals surface area contributed by atoms with Gasteiger partial charge in [0.1, 0.15) is 25.3 Å². The second-order valence-corrected chi connectivity index (χ2v) is 16.5. The van der Waals surface area contributed by atoms with Crippen LogP contribution in [0.15, 0.2) is 73.3 Å². The van der Waals surface area contributed by atoms with Crippen LogP contribution in [0.3, 0.4) is 0 Å². The molecule has 0 aromatic heterocycles. The third-order valence-corrected chi connectivity index (χ3v) is 12.2. The molecule has 0 spiro atoms. The van der Waals surface area contributed by atoms with E-state index in [1.165, 1.54) is 25.2 Å². The lowest BCUT2D eigenvalue weighted by Gasteiger charge is -2.35. The van der Waals surface area contributed by atoms with Crippen LogP contribution in [0.4, 0.5) is 9.59 Å². The molecule has 3 aliphatic rings. The molecule has 0 unspecified atom stereocenters. The van der Waals surface area contributed by atoms with Crippen LogP contribution in [-0.2, 0) is 51.1 Å². The number of amides is 2. The van der Waals surface area contributed by atoms with Crippen LogP contribution in [0.25, 0.3) is 0 Å². The number of carbonyl (C=O) groups excluding carboxylic acids is 4. The van der Waals surface area contributed by atoms with E-state index in [0.29, 0.717) is 19.2 Å². The number of benzene rings is 2. The molecule has 0 aliphatic carbocycles. The van der Waals surface area contributed by atoms with Gasteiger partial charge in [-0.05, 0) is 58.0 Å². The summed E-state index contributed by atoms with van der Waals surface area (Å²) in [6, 6.07) is 20.1. The Labute approximate surface area is 358 Å². The third-order valence-electron chi connectivity index (χ3n) is 12.2. The maximum absolute atomic E-state index is 13.0. The van der Waals surface area contributed by atoms with Crippen molar-refractivity contribution in [1.82, 2.24) is 9.80 Å². The number of allylic oxidation sites excluding steroid dienone is 1. The van der Waals surface area contributed by atoms with Gasteiger partial charge in [-0.15, -0.1) is 6.58 Å². The molecule has 3 fully saturated rings. The Kier molecular flexibility index (Phi) is 16.5. The van der Waals surface area contributed by atoms with Gasteiger partial charge in [0.25, 0.3) is 0 Å². The molecule has 0 radical (unpaired) electrons. The summed E-state index contributed by atoms with van der Waals surface area (Å²) in [5, 5.41) is 40.5. The van der Waals surface area contributed by atoms with Gasteiger partial charge in [0.05, 0.1) is 62.9 Å². The minimum atomic E-state index is -1.20. The van der Waals surface area contributed by atoms with Crippen LogP contribution in [-0.4, -0.2) is 114 Å². The van der Waals surface area contributed by atoms with Crippen LogP contribution in [0, 0.1) is 33.5 Å². The lowest BCUT2D eigenvalue weighted by Crippen LogP contribution is -2.50. The van der Waals surface area contributed by atoms with Crippen LogP contribution in [0.1, 0.15) is 70.9 Å². The molecule has 2 aromatic rings. The zero-order chi connectivity index (χ0) is 45.0. The lowest BCUT2D eigenvalue weighted by atomic mass is 9.69. The topological polar surface area (TPSA) is 218 Å². The number of nitrogens with zero attached hydrogens (tertiary/aromatic N) is 4. The maximum atomic E-state index is 13.0. The Morgan fingerprint density at radius 3 is 1.59 bits per heavy atom. The number of carbonyl (C=O) groups is 4. The summed E-state index contributed by atoms with van der Waals surface area (Å²) in [7, 11) is 1.98. The summed E-state index contributed by atoms with van der Waals surface area (Å²) in [6.45, 7) is 11.3. The van der Waals surface area contributed by atoms with E-state index in [1.54, 1.807) is 0 Å². The molecule has 3 heterocycles. The summed E-state index contributed by atoms with van der Waals surface area (Å²) >= 11 is 0. The van der Waals surface area contributed by atoms with Crippen LogP contribution < -0.4 is 0 Å². The van der Waals surface area contributed by atoms with Crippen molar-refractivity contribution in [2.24, 2.45) is 10.8 Å². The molecule has 0 bridgehead atoms. The average molecular weight is 845 g/mol. The van der Waals surface area contributed by atoms with Gasteiger partial charge in [-0.1, -0.05) is 73.2 Å². The number of hydrogen-bond donors (Lipinski definition) is 2. The normalized spacial score (nSPS) is 25.9. The zero-order valence-corrected chi connectivity index (χ0v) is 35.8. The zero-order valence-electron chi connectivity index (χ0n) is 35.8. The van der Waals surface area contributed by atoms with E-state index >= 15 is 0 Å². The molecule has 2 aromatic carbocycles. The van der Waals surface area contributed by atoms with Crippen molar-refractivity contribution in [2.75, 3.05) is 27.3 Å². The number of β-amino-alcohol motifs (C(OH)–C–C–N with tert-alkyl or cyclic N) is 2. The van der Waals surface area contributed by atoms with Gasteiger partial charge >= 0.3 is 31.2 Å². The molecule has 2 N–H and O–H groups in total. The molecule has 5 rings (SSSR count). The highest BCUT2D eigenvalue weighted by molar-refractivity contribution is 6.45. The predicted molar refractivity (Wildman–Crippen MR) is 221 cm³/mol. The largest absolute Gasteiger partial charge is 0.467 e. The second kappa shape index (κ2) is 20.9. The summed E-state index contributed by atoms with van der Waals surface area (Å²) in [5.41, 5.74) is -1.72. The van der Waals surface area contributed by atoms with Gasteiger partial charge in [0, 0.05) is 23.7 Å². The number of esters is 2. The molecular formula is C44H57BN4O12. The number of hydrogen-bond acceptors (Lipinski definition) is 14. The van der Waals surface area contributed by atoms with E-state index in [9.17, 15) is 39.9 Å².